The van der Waals surface area contributed by atoms with Crippen molar-refractivity contribution in [1.29, 1.82) is 5.41 Å². The van der Waals surface area contributed by atoms with E-state index in [-0.39, 0.29) is 24.1 Å². The van der Waals surface area contributed by atoms with Gasteiger partial charge in [-0.3, -0.25) is 10.2 Å². The van der Waals surface area contributed by atoms with Gasteiger partial charge in [0.15, 0.2) is 0 Å². The fraction of sp³-hybridized carbons (Fsp3) is 0.118. The van der Waals surface area contributed by atoms with E-state index in [2.05, 4.69) is 15.3 Å². The molecule has 8 heteroatoms. The minimum atomic E-state index is -0.213. The number of anilines is 1. The molecule has 7 N–H and O–H groups in total. The number of aromatic nitrogens is 2. The summed E-state index contributed by atoms with van der Waals surface area (Å²) in [6.07, 6.45) is 0.331. The van der Waals surface area contributed by atoms with Gasteiger partial charge in [-0.15, -0.1) is 12.4 Å². The number of halogens is 1. The number of H-pyrrole nitrogens is 1. The van der Waals surface area contributed by atoms with E-state index < -0.39 is 0 Å². The SMILES string of the molecule is Cl.N=C(N)CCNC(=O)c1ccc2[nH]c(-c3ccc(N)cc3)nc2c1. The van der Waals surface area contributed by atoms with Crippen LogP contribution in [0.4, 0.5) is 5.69 Å². The Morgan fingerprint density at radius 2 is 1.92 bits per heavy atom. The molecule has 0 fully saturated rings. The van der Waals surface area contributed by atoms with Crippen LogP contribution in [-0.4, -0.2) is 28.3 Å². The van der Waals surface area contributed by atoms with Crippen molar-refractivity contribution in [3.05, 3.63) is 48.0 Å². The van der Waals surface area contributed by atoms with Gasteiger partial charge in [0, 0.05) is 29.8 Å². The van der Waals surface area contributed by atoms with Crippen LogP contribution in [-0.2, 0) is 0 Å². The van der Waals surface area contributed by atoms with Gasteiger partial charge >= 0.3 is 0 Å². The summed E-state index contributed by atoms with van der Waals surface area (Å²) in [6.45, 7) is 0.337. The smallest absolute Gasteiger partial charge is 0.251 e. The van der Waals surface area contributed by atoms with Crippen LogP contribution in [0.1, 0.15) is 16.8 Å². The predicted octanol–water partition coefficient (Wildman–Crippen LogP) is 2.29. The number of nitrogens with zero attached hydrogens (tertiary/aromatic N) is 1. The van der Waals surface area contributed by atoms with E-state index in [4.69, 9.17) is 16.9 Å². The number of rotatable bonds is 5. The highest BCUT2D eigenvalue weighted by atomic mass is 35.5. The second-order valence-electron chi connectivity index (χ2n) is 5.47. The Morgan fingerprint density at radius 1 is 1.20 bits per heavy atom. The molecule has 0 radical (unpaired) electrons. The Bertz CT molecular complexity index is 903. The minimum absolute atomic E-state index is 0. The van der Waals surface area contributed by atoms with Crippen LogP contribution in [0.2, 0.25) is 0 Å². The quantitative estimate of drug-likeness (QED) is 0.272. The molecule has 1 heterocycles. The van der Waals surface area contributed by atoms with Crippen LogP contribution < -0.4 is 16.8 Å². The molecule has 1 aromatic heterocycles. The van der Waals surface area contributed by atoms with E-state index >= 15 is 0 Å². The minimum Gasteiger partial charge on any atom is -0.399 e. The van der Waals surface area contributed by atoms with Gasteiger partial charge in [0.05, 0.1) is 16.9 Å². The zero-order chi connectivity index (χ0) is 17.1. The third-order valence-electron chi connectivity index (χ3n) is 3.61. The van der Waals surface area contributed by atoms with Crippen molar-refractivity contribution in [2.45, 2.75) is 6.42 Å². The summed E-state index contributed by atoms with van der Waals surface area (Å²) < 4.78 is 0. The van der Waals surface area contributed by atoms with Gasteiger partial charge in [0.2, 0.25) is 0 Å². The van der Waals surface area contributed by atoms with E-state index in [9.17, 15) is 4.79 Å². The number of nitrogens with two attached hydrogens (primary N) is 2. The first-order chi connectivity index (χ1) is 11.5. The third-order valence-corrected chi connectivity index (χ3v) is 3.61. The molecule has 3 rings (SSSR count). The number of hydrogen-bond donors (Lipinski definition) is 5. The Hall–Kier alpha value is -3.06. The molecule has 25 heavy (non-hydrogen) atoms. The van der Waals surface area contributed by atoms with Crippen LogP contribution in [0.5, 0.6) is 0 Å². The number of aromatic amines is 1. The van der Waals surface area contributed by atoms with Gasteiger partial charge in [-0.05, 0) is 42.5 Å². The summed E-state index contributed by atoms with van der Waals surface area (Å²) in [6, 6.07) is 12.7. The van der Waals surface area contributed by atoms with Crippen molar-refractivity contribution in [2.24, 2.45) is 5.73 Å². The van der Waals surface area contributed by atoms with Gasteiger partial charge in [0.25, 0.3) is 5.91 Å². The number of carbonyl (C=O) groups is 1. The molecule has 130 valence electrons. The van der Waals surface area contributed by atoms with Crippen LogP contribution >= 0.6 is 12.4 Å². The second-order valence-corrected chi connectivity index (χ2v) is 5.47. The van der Waals surface area contributed by atoms with Crippen molar-refractivity contribution >= 4 is 40.9 Å². The van der Waals surface area contributed by atoms with E-state index in [1.165, 1.54) is 0 Å². The lowest BCUT2D eigenvalue weighted by Crippen LogP contribution is -2.27. The molecule has 0 unspecified atom stereocenters. The fourth-order valence-electron chi connectivity index (χ4n) is 2.34. The topological polar surface area (TPSA) is 134 Å². The van der Waals surface area contributed by atoms with E-state index in [1.807, 2.05) is 30.3 Å². The number of amides is 1. The lowest BCUT2D eigenvalue weighted by Gasteiger charge is -2.04. The highest BCUT2D eigenvalue weighted by Gasteiger charge is 2.10. The summed E-state index contributed by atoms with van der Waals surface area (Å²) in [5, 5.41) is 9.88. The van der Waals surface area contributed by atoms with Crippen LogP contribution in [0, 0.1) is 5.41 Å². The van der Waals surface area contributed by atoms with Crippen molar-refractivity contribution in [3.63, 3.8) is 0 Å². The van der Waals surface area contributed by atoms with Gasteiger partial charge < -0.3 is 21.8 Å². The normalized spacial score (nSPS) is 10.2. The maximum Gasteiger partial charge on any atom is 0.251 e. The zero-order valence-corrected chi connectivity index (χ0v) is 14.2. The number of nitrogen functional groups attached to an aromatic ring is 1. The summed E-state index contributed by atoms with van der Waals surface area (Å²) in [4.78, 5) is 19.9. The number of amidine groups is 1. The molecule has 0 bridgehead atoms. The summed E-state index contributed by atoms with van der Waals surface area (Å²) in [5.41, 5.74) is 14.7. The summed E-state index contributed by atoms with van der Waals surface area (Å²) >= 11 is 0. The summed E-state index contributed by atoms with van der Waals surface area (Å²) in [7, 11) is 0. The summed E-state index contributed by atoms with van der Waals surface area (Å²) in [5.74, 6) is 0.556. The standard InChI is InChI=1S/C17H18N6O.ClH/c18-12-4-1-10(2-5-12)16-22-13-6-3-11(9-14(13)23-16)17(24)21-8-7-15(19)20;/h1-6,9H,7-8,18H2,(H3,19,20)(H,21,24)(H,22,23);1H. The number of fused-ring (bicyclic) bond motifs is 1. The second kappa shape index (κ2) is 7.67. The van der Waals surface area contributed by atoms with E-state index in [0.29, 0.717) is 29.7 Å². The van der Waals surface area contributed by atoms with Crippen LogP contribution in [0.15, 0.2) is 42.5 Å². The monoisotopic (exact) mass is 358 g/mol. The van der Waals surface area contributed by atoms with Crippen molar-refractivity contribution < 1.29 is 4.79 Å². The Balaban J connectivity index is 0.00000225. The van der Waals surface area contributed by atoms with Gasteiger partial charge in [-0.25, -0.2) is 4.98 Å². The van der Waals surface area contributed by atoms with Crippen LogP contribution in [0.25, 0.3) is 22.4 Å². The fourth-order valence-corrected chi connectivity index (χ4v) is 2.34. The first kappa shape index (κ1) is 18.3. The van der Waals surface area contributed by atoms with Gasteiger partial charge in [0.1, 0.15) is 5.82 Å². The average Bonchev–Trinajstić information content (AvgIpc) is 2.98. The molecule has 0 saturated carbocycles. The zero-order valence-electron chi connectivity index (χ0n) is 13.4. The maximum atomic E-state index is 12.1. The molecular weight excluding hydrogens is 340 g/mol. The first-order valence-electron chi connectivity index (χ1n) is 7.50. The molecule has 0 aliphatic rings. The number of imidazole rings is 1. The highest BCUT2D eigenvalue weighted by Crippen LogP contribution is 2.22. The largest absolute Gasteiger partial charge is 0.399 e. The average molecular weight is 359 g/mol. The lowest BCUT2D eigenvalue weighted by molar-refractivity contribution is 0.0955. The molecule has 2 aromatic carbocycles. The Labute approximate surface area is 150 Å². The number of carbonyl (C=O) groups excluding carboxylic acids is 1. The Kier molecular flexibility index (Phi) is 5.61. The van der Waals surface area contributed by atoms with E-state index in [0.717, 1.165) is 16.9 Å². The van der Waals surface area contributed by atoms with Crippen molar-refractivity contribution in [3.8, 4) is 11.4 Å². The molecule has 0 aliphatic carbocycles. The van der Waals surface area contributed by atoms with E-state index in [1.54, 1.807) is 12.1 Å². The molecule has 7 nitrogen and oxygen atoms in total. The number of hydrogen-bond acceptors (Lipinski definition) is 4. The van der Waals surface area contributed by atoms with Gasteiger partial charge in [-0.2, -0.15) is 0 Å². The third kappa shape index (κ3) is 4.27. The highest BCUT2D eigenvalue weighted by molar-refractivity contribution is 5.97. The number of nitrogens with one attached hydrogen (secondary N) is 3. The number of benzene rings is 2. The molecule has 0 spiro atoms. The predicted molar refractivity (Wildman–Crippen MR) is 102 cm³/mol. The molecule has 3 aromatic rings. The van der Waals surface area contributed by atoms with Crippen molar-refractivity contribution in [1.82, 2.24) is 15.3 Å². The lowest BCUT2D eigenvalue weighted by atomic mass is 10.2. The van der Waals surface area contributed by atoms with Crippen molar-refractivity contribution in [2.75, 3.05) is 12.3 Å². The molecule has 1 amide bonds. The molecule has 0 aliphatic heterocycles. The van der Waals surface area contributed by atoms with Crippen LogP contribution in [0.3, 0.4) is 0 Å². The molecular formula is C17H19ClN6O. The molecule has 0 atom stereocenters. The van der Waals surface area contributed by atoms with Gasteiger partial charge in [-0.1, -0.05) is 0 Å². The Morgan fingerprint density at radius 3 is 2.60 bits per heavy atom. The first-order valence-corrected chi connectivity index (χ1v) is 7.50. The maximum absolute atomic E-state index is 12.1. The molecule has 0 saturated heterocycles.